The normalized spacial score (nSPS) is 14.7. The number of aromatic hydroxyl groups is 1. The van der Waals surface area contributed by atoms with Crippen molar-refractivity contribution in [2.75, 3.05) is 12.4 Å². The molecule has 0 aliphatic heterocycles. The second-order valence-electron chi connectivity index (χ2n) is 11.2. The summed E-state index contributed by atoms with van der Waals surface area (Å²) in [4.78, 5) is 54.1. The van der Waals surface area contributed by atoms with Crippen LogP contribution in [-0.2, 0) is 19.1 Å². The number of benzene rings is 2. The number of ether oxygens (including phenoxy) is 2. The largest absolute Gasteiger partial charge is 0.508 e. The van der Waals surface area contributed by atoms with Gasteiger partial charge in [0.15, 0.2) is 0 Å². The highest BCUT2D eigenvalue weighted by Crippen LogP contribution is 2.36. The number of nitrogens with two attached hydrogens (primary N) is 1. The van der Waals surface area contributed by atoms with Crippen molar-refractivity contribution in [1.29, 1.82) is 0 Å². The fraction of sp³-hybridized carbons (Fsp3) is 0.467. The van der Waals surface area contributed by atoms with Crippen LogP contribution in [0.3, 0.4) is 0 Å². The molecule has 11 nitrogen and oxygen atoms in total. The van der Waals surface area contributed by atoms with E-state index in [0.717, 1.165) is 6.42 Å². The minimum atomic E-state index is -1.17. The van der Waals surface area contributed by atoms with Gasteiger partial charge in [-0.05, 0) is 101 Å². The van der Waals surface area contributed by atoms with Gasteiger partial charge in [-0.1, -0.05) is 6.07 Å². The van der Waals surface area contributed by atoms with E-state index in [-0.39, 0.29) is 24.6 Å². The van der Waals surface area contributed by atoms with Crippen molar-refractivity contribution in [3.63, 3.8) is 0 Å². The molecule has 1 aliphatic rings. The lowest BCUT2D eigenvalue weighted by Crippen LogP contribution is -2.57. The summed E-state index contributed by atoms with van der Waals surface area (Å²) >= 11 is 0. The van der Waals surface area contributed by atoms with Crippen molar-refractivity contribution >= 4 is 29.5 Å². The first-order chi connectivity index (χ1) is 19.3. The summed E-state index contributed by atoms with van der Waals surface area (Å²) in [6.45, 7) is 6.78. The molecule has 0 spiro atoms. The molecule has 0 bridgehead atoms. The number of rotatable bonds is 11. The molecule has 0 radical (unpaired) electrons. The average molecular weight is 569 g/mol. The first-order valence-corrected chi connectivity index (χ1v) is 13.6. The highest BCUT2D eigenvalue weighted by molar-refractivity contribution is 5.99. The maximum atomic E-state index is 14.3. The number of nitrogens with zero attached hydrogens (tertiary/aromatic N) is 1. The number of nitrogens with one attached hydrogen (secondary N) is 2. The van der Waals surface area contributed by atoms with E-state index in [1.807, 2.05) is 0 Å². The van der Waals surface area contributed by atoms with E-state index < -0.39 is 41.5 Å². The predicted molar refractivity (Wildman–Crippen MR) is 153 cm³/mol. The minimum absolute atomic E-state index is 0.0514. The summed E-state index contributed by atoms with van der Waals surface area (Å²) in [7, 11) is 1.54. The predicted octanol–water partition coefficient (Wildman–Crippen LogP) is 3.93. The van der Waals surface area contributed by atoms with Gasteiger partial charge in [0.25, 0.3) is 5.91 Å². The molecule has 2 atom stereocenters. The summed E-state index contributed by atoms with van der Waals surface area (Å²) in [6, 6.07) is 8.94. The van der Waals surface area contributed by atoms with Gasteiger partial charge < -0.3 is 35.8 Å². The molecule has 2 aromatic carbocycles. The van der Waals surface area contributed by atoms with Gasteiger partial charge in [-0.2, -0.15) is 0 Å². The molecule has 1 saturated carbocycles. The SMILES string of the molecule is COc1ccc(NC(=O)C(c2ccc(O)c(C)c2)N(C(=O)C(CCC(N)=O)NC(=O)OC(C)(C)C)C2CCC2)cc1. The number of primary amides is 1. The van der Waals surface area contributed by atoms with E-state index in [2.05, 4.69) is 10.6 Å². The number of phenols is 1. The zero-order valence-electron chi connectivity index (χ0n) is 24.2. The first kappa shape index (κ1) is 31.3. The van der Waals surface area contributed by atoms with E-state index in [1.54, 1.807) is 71.2 Å². The second kappa shape index (κ2) is 13.4. The van der Waals surface area contributed by atoms with Gasteiger partial charge in [-0.25, -0.2) is 4.79 Å². The Morgan fingerprint density at radius 3 is 2.27 bits per heavy atom. The zero-order valence-corrected chi connectivity index (χ0v) is 24.2. The summed E-state index contributed by atoms with van der Waals surface area (Å²) in [5, 5.41) is 15.6. The third-order valence-electron chi connectivity index (χ3n) is 6.81. The Kier molecular flexibility index (Phi) is 10.2. The van der Waals surface area contributed by atoms with Crippen LogP contribution in [0.1, 0.15) is 70.0 Å². The van der Waals surface area contributed by atoms with Gasteiger partial charge >= 0.3 is 6.09 Å². The number of methoxy groups -OCH3 is 1. The molecule has 1 fully saturated rings. The number of hydrogen-bond donors (Lipinski definition) is 4. The van der Waals surface area contributed by atoms with Gasteiger partial charge in [0.05, 0.1) is 7.11 Å². The Balaban J connectivity index is 2.03. The lowest BCUT2D eigenvalue weighted by atomic mass is 9.87. The van der Waals surface area contributed by atoms with Crippen LogP contribution in [0.4, 0.5) is 10.5 Å². The van der Waals surface area contributed by atoms with Crippen LogP contribution >= 0.6 is 0 Å². The Bertz CT molecular complexity index is 1250. The van der Waals surface area contributed by atoms with Crippen molar-refractivity contribution in [2.45, 2.75) is 83.5 Å². The van der Waals surface area contributed by atoms with Crippen molar-refractivity contribution < 1.29 is 33.8 Å². The molecular formula is C30H40N4O7. The molecule has 11 heteroatoms. The van der Waals surface area contributed by atoms with Gasteiger partial charge in [-0.15, -0.1) is 0 Å². The van der Waals surface area contributed by atoms with Gasteiger partial charge in [0.2, 0.25) is 11.8 Å². The minimum Gasteiger partial charge on any atom is -0.508 e. The van der Waals surface area contributed by atoms with Crippen LogP contribution in [-0.4, -0.2) is 58.6 Å². The molecule has 41 heavy (non-hydrogen) atoms. The average Bonchev–Trinajstić information content (AvgIpc) is 2.86. The van der Waals surface area contributed by atoms with Crippen LogP contribution in [0, 0.1) is 6.92 Å². The van der Waals surface area contributed by atoms with Crippen LogP contribution in [0.2, 0.25) is 0 Å². The number of hydrogen-bond acceptors (Lipinski definition) is 7. The molecule has 0 heterocycles. The highest BCUT2D eigenvalue weighted by atomic mass is 16.6. The Hall–Kier alpha value is -4.28. The monoisotopic (exact) mass is 568 g/mol. The number of anilines is 1. The number of alkyl carbamates (subject to hydrolysis) is 1. The van der Waals surface area contributed by atoms with Crippen LogP contribution in [0.5, 0.6) is 11.5 Å². The third kappa shape index (κ3) is 8.60. The van der Waals surface area contributed by atoms with E-state index >= 15 is 0 Å². The maximum Gasteiger partial charge on any atom is 0.408 e. The molecule has 4 amide bonds. The Morgan fingerprint density at radius 2 is 1.76 bits per heavy atom. The topological polar surface area (TPSA) is 160 Å². The molecule has 2 unspecified atom stereocenters. The maximum absolute atomic E-state index is 14.3. The molecule has 3 rings (SSSR count). The van der Waals surface area contributed by atoms with Gasteiger partial charge in [-0.3, -0.25) is 14.4 Å². The van der Waals surface area contributed by atoms with Crippen molar-refractivity contribution in [3.8, 4) is 11.5 Å². The Labute approximate surface area is 240 Å². The second-order valence-corrected chi connectivity index (χ2v) is 11.2. The summed E-state index contributed by atoms with van der Waals surface area (Å²) in [5.41, 5.74) is 6.07. The summed E-state index contributed by atoms with van der Waals surface area (Å²) in [5.74, 6) is -0.984. The number of phenolic OH excluding ortho intramolecular Hbond substituents is 1. The number of aryl methyl sites for hydroxylation is 1. The highest BCUT2D eigenvalue weighted by Gasteiger charge is 2.42. The standard InChI is InChI=1S/C30H40N4O7/c1-18-17-19(9-15-24(18)35)26(27(37)32-20-10-12-22(40-5)13-11-20)34(21-7-6-8-21)28(38)23(14-16-25(31)36)33-29(39)41-30(2,3)4/h9-13,15,17,21,23,26,35H,6-8,14,16H2,1-5H3,(H2,31,36)(H,32,37)(H,33,39). The molecular weight excluding hydrogens is 528 g/mol. The van der Waals surface area contributed by atoms with E-state index in [1.165, 1.54) is 11.0 Å². The summed E-state index contributed by atoms with van der Waals surface area (Å²) < 4.78 is 10.6. The lowest BCUT2D eigenvalue weighted by molar-refractivity contribution is -0.146. The lowest BCUT2D eigenvalue weighted by Gasteiger charge is -2.43. The quantitative estimate of drug-likeness (QED) is 0.319. The number of carbonyl (C=O) groups is 4. The third-order valence-corrected chi connectivity index (χ3v) is 6.81. The molecule has 1 aliphatic carbocycles. The van der Waals surface area contributed by atoms with E-state index in [9.17, 15) is 24.3 Å². The van der Waals surface area contributed by atoms with Crippen molar-refractivity contribution in [2.24, 2.45) is 5.73 Å². The van der Waals surface area contributed by atoms with Crippen LogP contribution in [0.25, 0.3) is 0 Å². The van der Waals surface area contributed by atoms with Crippen molar-refractivity contribution in [1.82, 2.24) is 10.2 Å². The summed E-state index contributed by atoms with van der Waals surface area (Å²) in [6.07, 6.45) is 1.12. The number of carbonyl (C=O) groups excluding carboxylic acids is 4. The first-order valence-electron chi connectivity index (χ1n) is 13.6. The molecule has 0 saturated heterocycles. The Morgan fingerprint density at radius 1 is 1.10 bits per heavy atom. The fourth-order valence-corrected chi connectivity index (χ4v) is 4.53. The van der Waals surface area contributed by atoms with Crippen LogP contribution < -0.4 is 21.1 Å². The van der Waals surface area contributed by atoms with Gasteiger partial charge in [0.1, 0.15) is 29.2 Å². The fourth-order valence-electron chi connectivity index (χ4n) is 4.53. The smallest absolute Gasteiger partial charge is 0.408 e. The van der Waals surface area contributed by atoms with E-state index in [4.69, 9.17) is 15.2 Å². The molecule has 222 valence electrons. The van der Waals surface area contributed by atoms with Gasteiger partial charge in [0, 0.05) is 18.2 Å². The molecule has 5 N–H and O–H groups in total. The van der Waals surface area contributed by atoms with Crippen LogP contribution in [0.15, 0.2) is 42.5 Å². The zero-order chi connectivity index (χ0) is 30.3. The molecule has 0 aromatic heterocycles. The number of amides is 4. The van der Waals surface area contributed by atoms with Crippen molar-refractivity contribution in [3.05, 3.63) is 53.6 Å². The molecule has 2 aromatic rings. The van der Waals surface area contributed by atoms with E-state index in [0.29, 0.717) is 35.4 Å².